The van der Waals surface area contributed by atoms with Gasteiger partial charge in [-0.1, -0.05) is 299 Å². The number of carbonyl (C=O) groups is 4. The summed E-state index contributed by atoms with van der Waals surface area (Å²) in [4.78, 5) is 72.6. The number of hydrogen-bond acceptors (Lipinski definition) is 15. The second-order valence-corrected chi connectivity index (χ2v) is 30.2. The van der Waals surface area contributed by atoms with Crippen molar-refractivity contribution in [2.75, 3.05) is 39.6 Å². The van der Waals surface area contributed by atoms with Crippen molar-refractivity contribution in [3.8, 4) is 0 Å². The quantitative estimate of drug-likeness (QED) is 0.0222. The molecule has 0 spiro atoms. The summed E-state index contributed by atoms with van der Waals surface area (Å²) in [5.41, 5.74) is 0. The van der Waals surface area contributed by atoms with Gasteiger partial charge in [-0.2, -0.15) is 0 Å². The number of carbonyl (C=O) groups excluding carboxylic acids is 4. The second-order valence-electron chi connectivity index (χ2n) is 27.3. The van der Waals surface area contributed by atoms with Crippen molar-refractivity contribution in [1.29, 1.82) is 0 Å². The molecule has 0 aliphatic rings. The standard InChI is InChI=1S/C71H138O17P2/c1-9-64(8)50-42-34-26-20-22-28-36-44-52-69(74)82-58-66(87-70(75)53-45-37-29-17-13-11-10-12-15-23-31-39-47-61(2)3)59-85-89(77,78)83-55-65(72)56-84-90(79,80)86-60-67(57-81-68(73)51-43-35-27-21-19-25-33-41-49-63(6)7)88-71(76)54-46-38-30-18-14-16-24-32-40-48-62(4)5/h61-67,72H,9-60H2,1-8H3,(H,77,78)(H,79,80)/t64?,65?,66-,67-/m1/s1. The van der Waals surface area contributed by atoms with Gasteiger partial charge in [0.1, 0.15) is 19.3 Å². The normalized spacial score (nSPS) is 14.6. The van der Waals surface area contributed by atoms with Gasteiger partial charge in [0.15, 0.2) is 12.2 Å². The molecule has 534 valence electrons. The Balaban J connectivity index is 5.27. The summed E-state index contributed by atoms with van der Waals surface area (Å²) >= 11 is 0. The first-order valence-corrected chi connectivity index (χ1v) is 39.7. The number of aliphatic hydroxyl groups excluding tert-OH is 1. The Bertz CT molecular complexity index is 1780. The predicted molar refractivity (Wildman–Crippen MR) is 363 cm³/mol. The minimum Gasteiger partial charge on any atom is -0.462 e. The molecule has 4 unspecified atom stereocenters. The zero-order valence-electron chi connectivity index (χ0n) is 58.8. The third-order valence-corrected chi connectivity index (χ3v) is 18.6. The maximum atomic E-state index is 13.0. The van der Waals surface area contributed by atoms with Gasteiger partial charge in [-0.15, -0.1) is 0 Å². The molecule has 0 saturated carbocycles. The Kier molecular flexibility index (Phi) is 59.4. The fourth-order valence-electron chi connectivity index (χ4n) is 10.6. The zero-order chi connectivity index (χ0) is 66.8. The van der Waals surface area contributed by atoms with E-state index in [2.05, 4.69) is 55.4 Å². The van der Waals surface area contributed by atoms with Gasteiger partial charge in [-0.3, -0.25) is 37.3 Å². The van der Waals surface area contributed by atoms with Crippen LogP contribution in [0.4, 0.5) is 0 Å². The van der Waals surface area contributed by atoms with Crippen LogP contribution < -0.4 is 0 Å². The van der Waals surface area contributed by atoms with E-state index in [0.29, 0.717) is 25.7 Å². The van der Waals surface area contributed by atoms with Crippen LogP contribution in [0.2, 0.25) is 0 Å². The molecule has 3 N–H and O–H groups in total. The van der Waals surface area contributed by atoms with Crippen LogP contribution in [0.5, 0.6) is 0 Å². The molecule has 0 heterocycles. The highest BCUT2D eigenvalue weighted by Crippen LogP contribution is 2.45. The third-order valence-electron chi connectivity index (χ3n) is 16.7. The van der Waals surface area contributed by atoms with Crippen molar-refractivity contribution in [1.82, 2.24) is 0 Å². The molecule has 0 bridgehead atoms. The summed E-state index contributed by atoms with van der Waals surface area (Å²) in [5.74, 6) is 0.888. The minimum atomic E-state index is -4.95. The van der Waals surface area contributed by atoms with E-state index < -0.39 is 97.5 Å². The lowest BCUT2D eigenvalue weighted by Gasteiger charge is -2.21. The average Bonchev–Trinajstić information content (AvgIpc) is 2.45. The number of phosphoric acid groups is 2. The molecule has 0 fully saturated rings. The van der Waals surface area contributed by atoms with E-state index in [0.717, 1.165) is 114 Å². The van der Waals surface area contributed by atoms with E-state index in [1.165, 1.54) is 154 Å². The molecule has 0 radical (unpaired) electrons. The van der Waals surface area contributed by atoms with Gasteiger partial charge in [0.2, 0.25) is 0 Å². The van der Waals surface area contributed by atoms with Gasteiger partial charge in [-0.25, -0.2) is 9.13 Å². The van der Waals surface area contributed by atoms with Gasteiger partial charge < -0.3 is 33.8 Å². The van der Waals surface area contributed by atoms with Crippen LogP contribution in [-0.2, 0) is 65.4 Å². The van der Waals surface area contributed by atoms with Crippen molar-refractivity contribution >= 4 is 39.5 Å². The van der Waals surface area contributed by atoms with Crippen LogP contribution in [0, 0.1) is 23.7 Å². The molecule has 0 aliphatic heterocycles. The summed E-state index contributed by atoms with van der Waals surface area (Å²) < 4.78 is 68.3. The van der Waals surface area contributed by atoms with Gasteiger partial charge in [0.05, 0.1) is 26.4 Å². The zero-order valence-corrected chi connectivity index (χ0v) is 60.6. The topological polar surface area (TPSA) is 237 Å². The van der Waals surface area contributed by atoms with Crippen LogP contribution in [0.3, 0.4) is 0 Å². The molecule has 0 amide bonds. The highest BCUT2D eigenvalue weighted by atomic mass is 31.2. The van der Waals surface area contributed by atoms with E-state index in [1.807, 2.05) is 0 Å². The van der Waals surface area contributed by atoms with Gasteiger partial charge in [0.25, 0.3) is 0 Å². The Morgan fingerprint density at radius 3 is 0.789 bits per heavy atom. The summed E-state index contributed by atoms with van der Waals surface area (Å²) in [6, 6.07) is 0. The van der Waals surface area contributed by atoms with E-state index >= 15 is 0 Å². The van der Waals surface area contributed by atoms with Crippen LogP contribution in [0.25, 0.3) is 0 Å². The van der Waals surface area contributed by atoms with Gasteiger partial charge >= 0.3 is 39.5 Å². The molecule has 0 aromatic rings. The van der Waals surface area contributed by atoms with Gasteiger partial charge in [-0.05, 0) is 49.4 Å². The van der Waals surface area contributed by atoms with Gasteiger partial charge in [0, 0.05) is 25.7 Å². The number of phosphoric ester groups is 2. The molecular formula is C71H138O17P2. The third kappa shape index (κ3) is 63.5. The Hall–Kier alpha value is -1.94. The number of hydrogen-bond donors (Lipinski definition) is 3. The molecule has 0 rings (SSSR count). The first kappa shape index (κ1) is 88.1. The summed E-state index contributed by atoms with van der Waals surface area (Å²) in [6.07, 6.45) is 43.0. The number of ether oxygens (including phenoxy) is 4. The van der Waals surface area contributed by atoms with E-state index in [9.17, 15) is 43.2 Å². The van der Waals surface area contributed by atoms with Crippen LogP contribution in [0.15, 0.2) is 0 Å². The molecule has 90 heavy (non-hydrogen) atoms. The van der Waals surface area contributed by atoms with E-state index in [4.69, 9.17) is 37.0 Å². The van der Waals surface area contributed by atoms with Crippen LogP contribution in [0.1, 0.15) is 351 Å². The first-order valence-electron chi connectivity index (χ1n) is 36.7. The molecule has 19 heteroatoms. The monoisotopic (exact) mass is 1320 g/mol. The van der Waals surface area contributed by atoms with Crippen LogP contribution in [-0.4, -0.2) is 96.7 Å². The van der Waals surface area contributed by atoms with E-state index in [1.54, 1.807) is 0 Å². The highest BCUT2D eigenvalue weighted by molar-refractivity contribution is 7.47. The summed E-state index contributed by atoms with van der Waals surface area (Å²) in [5, 5.41) is 10.6. The lowest BCUT2D eigenvalue weighted by Crippen LogP contribution is -2.30. The Morgan fingerprint density at radius 1 is 0.311 bits per heavy atom. The molecular weight excluding hydrogens is 1190 g/mol. The number of esters is 4. The van der Waals surface area contributed by atoms with Crippen molar-refractivity contribution < 1.29 is 80.2 Å². The average molecular weight is 1330 g/mol. The smallest absolute Gasteiger partial charge is 0.462 e. The SMILES string of the molecule is CCC(C)CCCCCCCCCCC(=O)OC[C@H](COP(=O)(O)OCC(O)COP(=O)(O)OC[C@@H](COC(=O)CCCCCCCCCCC(C)C)OC(=O)CCCCCCCCCCCC(C)C)OC(=O)CCCCCCCCCCCCCCC(C)C. The maximum absolute atomic E-state index is 13.0. The Labute approximate surface area is 549 Å². The largest absolute Gasteiger partial charge is 0.472 e. The maximum Gasteiger partial charge on any atom is 0.472 e. The predicted octanol–water partition coefficient (Wildman–Crippen LogP) is 20.1. The molecule has 17 nitrogen and oxygen atoms in total. The van der Waals surface area contributed by atoms with Crippen molar-refractivity contribution in [2.45, 2.75) is 369 Å². The lowest BCUT2D eigenvalue weighted by molar-refractivity contribution is -0.161. The fourth-order valence-corrected chi connectivity index (χ4v) is 12.2. The lowest BCUT2D eigenvalue weighted by atomic mass is 9.99. The molecule has 0 aliphatic carbocycles. The summed E-state index contributed by atoms with van der Waals surface area (Å²) in [6.45, 7) is 14.1. The number of aliphatic hydroxyl groups is 1. The van der Waals surface area contributed by atoms with Crippen molar-refractivity contribution in [3.05, 3.63) is 0 Å². The number of rotatable bonds is 68. The Morgan fingerprint density at radius 2 is 0.533 bits per heavy atom. The number of unbranched alkanes of at least 4 members (excludes halogenated alkanes) is 33. The second kappa shape index (κ2) is 60.7. The van der Waals surface area contributed by atoms with Crippen molar-refractivity contribution in [2.24, 2.45) is 23.7 Å². The first-order chi connectivity index (χ1) is 43.1. The molecule has 0 aromatic carbocycles. The molecule has 0 saturated heterocycles. The van der Waals surface area contributed by atoms with E-state index in [-0.39, 0.29) is 25.7 Å². The van der Waals surface area contributed by atoms with Crippen molar-refractivity contribution in [3.63, 3.8) is 0 Å². The highest BCUT2D eigenvalue weighted by Gasteiger charge is 2.30. The summed E-state index contributed by atoms with van der Waals surface area (Å²) in [7, 11) is -9.91. The minimum absolute atomic E-state index is 0.104. The fraction of sp³-hybridized carbons (Fsp3) is 0.944. The molecule has 0 aromatic heterocycles. The molecule has 6 atom stereocenters. The van der Waals surface area contributed by atoms with Crippen LogP contribution >= 0.6 is 15.6 Å².